The minimum absolute atomic E-state index is 0.0217. The number of amides is 1. The molecule has 0 saturated heterocycles. The molecule has 23 heavy (non-hydrogen) atoms. The zero-order valence-corrected chi connectivity index (χ0v) is 13.9. The van der Waals surface area contributed by atoms with Gasteiger partial charge >= 0.3 is 0 Å². The largest absolute Gasteiger partial charge is 0.493 e. The first-order chi connectivity index (χ1) is 11.0. The topological polar surface area (TPSA) is 60.5 Å². The monoisotopic (exact) mass is 314 g/mol. The molecule has 1 aromatic carbocycles. The molecule has 0 radical (unpaired) electrons. The number of aromatic nitrogens is 1. The maximum absolute atomic E-state index is 12.1. The van der Waals surface area contributed by atoms with E-state index in [4.69, 9.17) is 9.47 Å². The Kier molecular flexibility index (Phi) is 5.57. The number of rotatable bonds is 6. The van der Waals surface area contributed by atoms with Gasteiger partial charge in [-0.3, -0.25) is 9.78 Å². The smallest absolute Gasteiger partial charge is 0.228 e. The summed E-state index contributed by atoms with van der Waals surface area (Å²) in [5.41, 5.74) is 2.48. The van der Waals surface area contributed by atoms with Crippen LogP contribution in [-0.4, -0.2) is 24.1 Å². The highest BCUT2D eigenvalue weighted by Gasteiger charge is 2.10. The summed E-state index contributed by atoms with van der Waals surface area (Å²) in [6.07, 6.45) is 2.02. The van der Waals surface area contributed by atoms with Gasteiger partial charge in [0.15, 0.2) is 11.5 Å². The van der Waals surface area contributed by atoms with Crippen LogP contribution in [0.2, 0.25) is 0 Å². The van der Waals surface area contributed by atoms with Gasteiger partial charge in [-0.05, 0) is 44.5 Å². The van der Waals surface area contributed by atoms with Gasteiger partial charge in [0.2, 0.25) is 5.91 Å². The van der Waals surface area contributed by atoms with Crippen LogP contribution in [0.15, 0.2) is 36.5 Å². The van der Waals surface area contributed by atoms with Crippen molar-refractivity contribution in [2.24, 2.45) is 0 Å². The second-order valence-corrected chi connectivity index (χ2v) is 5.57. The van der Waals surface area contributed by atoms with Crippen LogP contribution in [0.25, 0.3) is 0 Å². The minimum Gasteiger partial charge on any atom is -0.493 e. The van der Waals surface area contributed by atoms with E-state index in [1.807, 2.05) is 32.9 Å². The molecule has 0 spiro atoms. The summed E-state index contributed by atoms with van der Waals surface area (Å²) < 4.78 is 11.0. The van der Waals surface area contributed by atoms with E-state index in [1.54, 1.807) is 31.5 Å². The molecule has 1 heterocycles. The molecular weight excluding hydrogens is 292 g/mol. The lowest BCUT2D eigenvalue weighted by atomic mass is 10.2. The predicted molar refractivity (Wildman–Crippen MR) is 90.1 cm³/mol. The van der Waals surface area contributed by atoms with Crippen LogP contribution in [0.5, 0.6) is 11.5 Å². The number of methoxy groups -OCH3 is 1. The molecule has 1 N–H and O–H groups in total. The van der Waals surface area contributed by atoms with Crippen molar-refractivity contribution < 1.29 is 14.3 Å². The number of anilines is 1. The molecule has 0 aliphatic carbocycles. The fourth-order valence-corrected chi connectivity index (χ4v) is 2.09. The van der Waals surface area contributed by atoms with E-state index in [0.717, 1.165) is 11.3 Å². The first-order valence-corrected chi connectivity index (χ1v) is 7.54. The van der Waals surface area contributed by atoms with Gasteiger partial charge in [0.25, 0.3) is 0 Å². The lowest BCUT2D eigenvalue weighted by Crippen LogP contribution is -2.15. The van der Waals surface area contributed by atoms with Crippen molar-refractivity contribution in [1.82, 2.24) is 4.98 Å². The summed E-state index contributed by atoms with van der Waals surface area (Å²) in [5, 5.41) is 2.87. The van der Waals surface area contributed by atoms with Crippen molar-refractivity contribution in [1.29, 1.82) is 0 Å². The molecular formula is C18H22N2O3. The third-order valence-corrected chi connectivity index (χ3v) is 3.15. The average Bonchev–Trinajstić information content (AvgIpc) is 2.49. The molecule has 1 aromatic heterocycles. The molecule has 0 aliphatic rings. The van der Waals surface area contributed by atoms with Gasteiger partial charge in [0.05, 0.1) is 19.6 Å². The number of benzene rings is 1. The van der Waals surface area contributed by atoms with Crippen molar-refractivity contribution in [2.45, 2.75) is 33.3 Å². The highest BCUT2D eigenvalue weighted by molar-refractivity contribution is 5.92. The maximum atomic E-state index is 12.1. The van der Waals surface area contributed by atoms with Crippen molar-refractivity contribution in [3.63, 3.8) is 0 Å². The molecule has 0 aliphatic heterocycles. The predicted octanol–water partition coefficient (Wildman–Crippen LogP) is 3.37. The molecule has 5 heteroatoms. The van der Waals surface area contributed by atoms with Gasteiger partial charge in [-0.15, -0.1) is 0 Å². The number of nitrogens with zero attached hydrogens (tertiary/aromatic N) is 1. The third-order valence-electron chi connectivity index (χ3n) is 3.15. The second kappa shape index (κ2) is 7.63. The molecule has 122 valence electrons. The lowest BCUT2D eigenvalue weighted by Gasteiger charge is -2.15. The Hall–Kier alpha value is -2.56. The average molecular weight is 314 g/mol. The number of carbonyl (C=O) groups excluding carboxylic acids is 1. The second-order valence-electron chi connectivity index (χ2n) is 5.57. The maximum Gasteiger partial charge on any atom is 0.228 e. The highest BCUT2D eigenvalue weighted by Crippen LogP contribution is 2.31. The van der Waals surface area contributed by atoms with Crippen LogP contribution in [0.3, 0.4) is 0 Å². The number of hydrogen-bond donors (Lipinski definition) is 1. The Labute approximate surface area is 136 Å². The van der Waals surface area contributed by atoms with Crippen LogP contribution in [0, 0.1) is 6.92 Å². The Balaban J connectivity index is 2.06. The number of nitrogens with one attached hydrogen (secondary N) is 1. The first-order valence-electron chi connectivity index (χ1n) is 7.54. The van der Waals surface area contributed by atoms with E-state index in [0.29, 0.717) is 17.2 Å². The fourth-order valence-electron chi connectivity index (χ4n) is 2.09. The molecule has 0 bridgehead atoms. The van der Waals surface area contributed by atoms with Crippen LogP contribution in [0.1, 0.15) is 25.1 Å². The minimum atomic E-state index is -0.101. The van der Waals surface area contributed by atoms with Crippen molar-refractivity contribution in [3.8, 4) is 11.5 Å². The van der Waals surface area contributed by atoms with Crippen molar-refractivity contribution in [2.75, 3.05) is 12.4 Å². The van der Waals surface area contributed by atoms with Crippen LogP contribution in [-0.2, 0) is 11.2 Å². The highest BCUT2D eigenvalue weighted by atomic mass is 16.5. The number of ether oxygens (including phenoxy) is 2. The van der Waals surface area contributed by atoms with Crippen LogP contribution < -0.4 is 14.8 Å². The van der Waals surface area contributed by atoms with Crippen molar-refractivity contribution in [3.05, 3.63) is 47.8 Å². The van der Waals surface area contributed by atoms with E-state index >= 15 is 0 Å². The quantitative estimate of drug-likeness (QED) is 0.888. The van der Waals surface area contributed by atoms with Gasteiger partial charge in [-0.1, -0.05) is 6.07 Å². The van der Waals surface area contributed by atoms with Crippen molar-refractivity contribution >= 4 is 11.6 Å². The van der Waals surface area contributed by atoms with Gasteiger partial charge in [0.1, 0.15) is 0 Å². The first kappa shape index (κ1) is 16.8. The molecule has 0 unspecified atom stereocenters. The molecule has 0 saturated carbocycles. The van der Waals surface area contributed by atoms with Gasteiger partial charge < -0.3 is 14.8 Å². The van der Waals surface area contributed by atoms with Gasteiger partial charge in [-0.2, -0.15) is 0 Å². The summed E-state index contributed by atoms with van der Waals surface area (Å²) in [6.45, 7) is 5.79. The Bertz CT molecular complexity index is 666. The summed E-state index contributed by atoms with van der Waals surface area (Å²) in [7, 11) is 1.59. The zero-order chi connectivity index (χ0) is 16.8. The lowest BCUT2D eigenvalue weighted by molar-refractivity contribution is -0.115. The molecule has 2 rings (SSSR count). The standard InChI is InChI=1S/C18H22N2O3/c1-12(2)23-17-10-15(7-8-16(17)22-4)20-18(21)9-14-6-5-13(3)19-11-14/h5-8,10-12H,9H2,1-4H3,(H,20,21). The van der Waals surface area contributed by atoms with Crippen LogP contribution in [0.4, 0.5) is 5.69 Å². The number of aryl methyl sites for hydroxylation is 1. The Morgan fingerprint density at radius 1 is 1.22 bits per heavy atom. The molecule has 0 atom stereocenters. The number of hydrogen-bond acceptors (Lipinski definition) is 4. The third kappa shape index (κ3) is 4.98. The number of pyridine rings is 1. The SMILES string of the molecule is COc1ccc(NC(=O)Cc2ccc(C)nc2)cc1OC(C)C. The summed E-state index contributed by atoms with van der Waals surface area (Å²) in [4.78, 5) is 16.3. The van der Waals surface area contributed by atoms with E-state index in [9.17, 15) is 4.79 Å². The van der Waals surface area contributed by atoms with E-state index in [1.165, 1.54) is 0 Å². The molecule has 2 aromatic rings. The van der Waals surface area contributed by atoms with Gasteiger partial charge in [-0.25, -0.2) is 0 Å². The fraction of sp³-hybridized carbons (Fsp3) is 0.333. The summed E-state index contributed by atoms with van der Waals surface area (Å²) in [6, 6.07) is 9.13. The molecule has 5 nitrogen and oxygen atoms in total. The summed E-state index contributed by atoms with van der Waals surface area (Å²) >= 11 is 0. The summed E-state index contributed by atoms with van der Waals surface area (Å²) in [5.74, 6) is 1.15. The Morgan fingerprint density at radius 3 is 2.61 bits per heavy atom. The molecule has 1 amide bonds. The normalized spacial score (nSPS) is 10.5. The number of carbonyl (C=O) groups is 1. The van der Waals surface area contributed by atoms with Gasteiger partial charge in [0, 0.05) is 23.6 Å². The zero-order valence-electron chi connectivity index (χ0n) is 13.9. The van der Waals surface area contributed by atoms with E-state index in [2.05, 4.69) is 10.3 Å². The van der Waals surface area contributed by atoms with E-state index in [-0.39, 0.29) is 18.4 Å². The molecule has 0 fully saturated rings. The Morgan fingerprint density at radius 2 is 2.00 bits per heavy atom. The van der Waals surface area contributed by atoms with E-state index < -0.39 is 0 Å². The van der Waals surface area contributed by atoms with Crippen LogP contribution >= 0.6 is 0 Å².